The lowest BCUT2D eigenvalue weighted by molar-refractivity contribution is -0.133. The standard InChI is InChI=1S/C15H16N2O6/c1-8(14(19)20)7-17-13(18)12(16-15(17)21)9-4-5-10(22-2)11(6-9)23-3/h4-6,12H,1,7H2,2-3H3,(H,16,21)(H,19,20). The molecule has 1 saturated heterocycles. The van der Waals surface area contributed by atoms with Gasteiger partial charge in [0.15, 0.2) is 11.5 Å². The number of aliphatic carboxylic acids is 1. The number of benzene rings is 1. The summed E-state index contributed by atoms with van der Waals surface area (Å²) in [6, 6.07) is 3.24. The van der Waals surface area contributed by atoms with Gasteiger partial charge < -0.3 is 19.9 Å². The van der Waals surface area contributed by atoms with Crippen LogP contribution >= 0.6 is 0 Å². The third-order valence-corrected chi connectivity index (χ3v) is 3.42. The van der Waals surface area contributed by atoms with Crippen molar-refractivity contribution in [1.29, 1.82) is 0 Å². The summed E-state index contributed by atoms with van der Waals surface area (Å²) in [5, 5.41) is 11.3. The maximum Gasteiger partial charge on any atom is 0.332 e. The fourth-order valence-corrected chi connectivity index (χ4v) is 2.19. The molecule has 1 unspecified atom stereocenters. The molecule has 1 aliphatic rings. The smallest absolute Gasteiger partial charge is 0.332 e. The number of carboxylic acids is 1. The van der Waals surface area contributed by atoms with Crippen LogP contribution in [0.25, 0.3) is 0 Å². The zero-order chi connectivity index (χ0) is 17.1. The van der Waals surface area contributed by atoms with E-state index >= 15 is 0 Å². The van der Waals surface area contributed by atoms with Crippen molar-refractivity contribution in [3.05, 3.63) is 35.9 Å². The van der Waals surface area contributed by atoms with Gasteiger partial charge in [-0.1, -0.05) is 12.6 Å². The SMILES string of the molecule is C=C(CN1C(=O)NC(c2ccc(OC)c(OC)c2)C1=O)C(=O)O. The van der Waals surface area contributed by atoms with Gasteiger partial charge in [0, 0.05) is 5.57 Å². The maximum absolute atomic E-state index is 12.4. The fraction of sp³-hybridized carbons (Fsp3) is 0.267. The van der Waals surface area contributed by atoms with Crippen LogP contribution in [0.15, 0.2) is 30.4 Å². The molecule has 23 heavy (non-hydrogen) atoms. The second-order valence-corrected chi connectivity index (χ2v) is 4.83. The lowest BCUT2D eigenvalue weighted by atomic mass is 10.1. The Balaban J connectivity index is 2.25. The molecule has 2 rings (SSSR count). The van der Waals surface area contributed by atoms with Crippen molar-refractivity contribution < 1.29 is 29.0 Å². The van der Waals surface area contributed by atoms with E-state index in [-0.39, 0.29) is 12.1 Å². The number of nitrogens with one attached hydrogen (secondary N) is 1. The topological polar surface area (TPSA) is 105 Å². The van der Waals surface area contributed by atoms with E-state index in [0.29, 0.717) is 17.1 Å². The molecular weight excluding hydrogens is 304 g/mol. The molecule has 8 nitrogen and oxygen atoms in total. The number of amides is 3. The molecule has 0 saturated carbocycles. The van der Waals surface area contributed by atoms with Gasteiger partial charge in [-0.15, -0.1) is 0 Å². The molecular formula is C15H16N2O6. The molecule has 0 aromatic heterocycles. The Morgan fingerprint density at radius 2 is 1.96 bits per heavy atom. The number of hydrogen-bond donors (Lipinski definition) is 2. The summed E-state index contributed by atoms with van der Waals surface area (Å²) >= 11 is 0. The van der Waals surface area contributed by atoms with Crippen LogP contribution in [0.2, 0.25) is 0 Å². The van der Waals surface area contributed by atoms with Gasteiger partial charge in [-0.05, 0) is 17.7 Å². The Morgan fingerprint density at radius 3 is 2.52 bits per heavy atom. The number of nitrogens with zero attached hydrogens (tertiary/aromatic N) is 1. The minimum atomic E-state index is -1.26. The quantitative estimate of drug-likeness (QED) is 0.597. The van der Waals surface area contributed by atoms with Gasteiger partial charge in [0.1, 0.15) is 6.04 Å². The second kappa shape index (κ2) is 6.39. The molecule has 0 aliphatic carbocycles. The highest BCUT2D eigenvalue weighted by atomic mass is 16.5. The third kappa shape index (κ3) is 3.10. The number of imide groups is 1. The number of methoxy groups -OCH3 is 2. The molecule has 122 valence electrons. The van der Waals surface area contributed by atoms with E-state index in [2.05, 4.69) is 11.9 Å². The van der Waals surface area contributed by atoms with Gasteiger partial charge in [-0.3, -0.25) is 9.69 Å². The summed E-state index contributed by atoms with van der Waals surface area (Å²) in [4.78, 5) is 35.9. The van der Waals surface area contributed by atoms with Crippen LogP contribution in [0.5, 0.6) is 11.5 Å². The molecule has 1 heterocycles. The predicted octanol–water partition coefficient (Wildman–Crippen LogP) is 0.938. The molecule has 1 aliphatic heterocycles. The van der Waals surface area contributed by atoms with Gasteiger partial charge >= 0.3 is 12.0 Å². The van der Waals surface area contributed by atoms with Crippen molar-refractivity contribution in [2.24, 2.45) is 0 Å². The largest absolute Gasteiger partial charge is 0.493 e. The van der Waals surface area contributed by atoms with Crippen LogP contribution in [0, 0.1) is 0 Å². The van der Waals surface area contributed by atoms with Gasteiger partial charge in [-0.2, -0.15) is 0 Å². The number of urea groups is 1. The minimum absolute atomic E-state index is 0.249. The monoisotopic (exact) mass is 320 g/mol. The van der Waals surface area contributed by atoms with E-state index in [1.54, 1.807) is 18.2 Å². The summed E-state index contributed by atoms with van der Waals surface area (Å²) in [6.45, 7) is 2.95. The van der Waals surface area contributed by atoms with Gasteiger partial charge in [0.05, 0.1) is 20.8 Å². The van der Waals surface area contributed by atoms with Gasteiger partial charge in [0.25, 0.3) is 5.91 Å². The Morgan fingerprint density at radius 1 is 1.30 bits per heavy atom. The highest BCUT2D eigenvalue weighted by Crippen LogP contribution is 2.32. The highest BCUT2D eigenvalue weighted by molar-refractivity contribution is 6.05. The summed E-state index contributed by atoms with van der Waals surface area (Å²) in [5.74, 6) is -0.908. The zero-order valence-corrected chi connectivity index (χ0v) is 12.7. The van der Waals surface area contributed by atoms with Crippen LogP contribution in [-0.4, -0.2) is 48.7 Å². The number of carbonyl (C=O) groups is 3. The van der Waals surface area contributed by atoms with E-state index in [1.807, 2.05) is 0 Å². The van der Waals surface area contributed by atoms with Gasteiger partial charge in [0.2, 0.25) is 0 Å². The third-order valence-electron chi connectivity index (χ3n) is 3.42. The molecule has 1 fully saturated rings. The first-order chi connectivity index (χ1) is 10.9. The number of hydrogen-bond acceptors (Lipinski definition) is 5. The summed E-state index contributed by atoms with van der Waals surface area (Å²) in [6.07, 6.45) is 0. The average Bonchev–Trinajstić information content (AvgIpc) is 2.82. The molecule has 2 N–H and O–H groups in total. The normalized spacial score (nSPS) is 17.0. The van der Waals surface area contributed by atoms with Crippen LogP contribution in [0.1, 0.15) is 11.6 Å². The van der Waals surface area contributed by atoms with Crippen LogP contribution in [0.4, 0.5) is 4.79 Å². The first-order valence-electron chi connectivity index (χ1n) is 6.64. The number of carboxylic acid groups (broad SMARTS) is 1. The van der Waals surface area contributed by atoms with Crippen LogP contribution < -0.4 is 14.8 Å². The Hall–Kier alpha value is -3.03. The maximum atomic E-state index is 12.4. The molecule has 0 spiro atoms. The second-order valence-electron chi connectivity index (χ2n) is 4.83. The van der Waals surface area contributed by atoms with E-state index in [1.165, 1.54) is 14.2 Å². The van der Waals surface area contributed by atoms with E-state index in [0.717, 1.165) is 4.90 Å². The molecule has 1 atom stereocenters. The Bertz CT molecular complexity index is 685. The lowest BCUT2D eigenvalue weighted by Crippen LogP contribution is -2.34. The van der Waals surface area contributed by atoms with Crippen molar-refractivity contribution in [3.8, 4) is 11.5 Å². The summed E-state index contributed by atoms with van der Waals surface area (Å²) in [5.41, 5.74) is 0.255. The molecule has 1 aromatic rings. The van der Waals surface area contributed by atoms with Crippen molar-refractivity contribution in [2.75, 3.05) is 20.8 Å². The van der Waals surface area contributed by atoms with Crippen LogP contribution in [-0.2, 0) is 9.59 Å². The predicted molar refractivity (Wildman–Crippen MR) is 79.3 cm³/mol. The molecule has 0 radical (unpaired) electrons. The van der Waals surface area contributed by atoms with Crippen molar-refractivity contribution in [2.45, 2.75) is 6.04 Å². The lowest BCUT2D eigenvalue weighted by Gasteiger charge is -2.14. The minimum Gasteiger partial charge on any atom is -0.493 e. The summed E-state index contributed by atoms with van der Waals surface area (Å²) < 4.78 is 10.3. The van der Waals surface area contributed by atoms with Crippen molar-refractivity contribution >= 4 is 17.9 Å². The Labute approximate surface area is 132 Å². The Kier molecular flexibility index (Phi) is 4.54. The fourth-order valence-electron chi connectivity index (χ4n) is 2.19. The van der Waals surface area contributed by atoms with E-state index < -0.39 is 23.9 Å². The first-order valence-corrected chi connectivity index (χ1v) is 6.64. The first kappa shape index (κ1) is 16.3. The van der Waals surface area contributed by atoms with E-state index in [4.69, 9.17) is 14.6 Å². The van der Waals surface area contributed by atoms with Crippen molar-refractivity contribution in [1.82, 2.24) is 10.2 Å². The van der Waals surface area contributed by atoms with Gasteiger partial charge in [-0.25, -0.2) is 9.59 Å². The highest BCUT2D eigenvalue weighted by Gasteiger charge is 2.39. The molecule has 8 heteroatoms. The molecule has 3 amide bonds. The van der Waals surface area contributed by atoms with Crippen molar-refractivity contribution in [3.63, 3.8) is 0 Å². The number of ether oxygens (including phenoxy) is 2. The zero-order valence-electron chi connectivity index (χ0n) is 12.7. The average molecular weight is 320 g/mol. The molecule has 0 bridgehead atoms. The number of rotatable bonds is 6. The summed E-state index contributed by atoms with van der Waals surface area (Å²) in [7, 11) is 2.94. The number of carbonyl (C=O) groups excluding carboxylic acids is 2. The van der Waals surface area contributed by atoms with E-state index in [9.17, 15) is 14.4 Å². The van der Waals surface area contributed by atoms with Crippen LogP contribution in [0.3, 0.4) is 0 Å². The molecule has 1 aromatic carbocycles.